The standard InChI is InChI=1S/C24H32N4O4/c29-22(25-15-18-6-5-13-32-18)16-28-21-14-17(23(30)26-10-3-4-11-26)8-9-19(21)27-12-2-1-7-20(27)24(28)31/h8-9,14,18,20H,1-7,10-13,15-16H2,(H,25,29)/t18-,20+/m1/s1. The normalized spacial score (nSPS) is 25.0. The van der Waals surface area contributed by atoms with E-state index in [1.807, 2.05) is 23.1 Å². The van der Waals surface area contributed by atoms with Crippen molar-refractivity contribution in [1.82, 2.24) is 10.2 Å². The molecular formula is C24H32N4O4. The van der Waals surface area contributed by atoms with Gasteiger partial charge in [-0.3, -0.25) is 19.3 Å². The van der Waals surface area contributed by atoms with Gasteiger partial charge in [0.15, 0.2) is 0 Å². The first-order valence-corrected chi connectivity index (χ1v) is 12.0. The second kappa shape index (κ2) is 9.10. The number of piperidine rings is 1. The summed E-state index contributed by atoms with van der Waals surface area (Å²) >= 11 is 0. The number of ether oxygens (including phenoxy) is 1. The lowest BCUT2D eigenvalue weighted by molar-refractivity contribution is -0.125. The number of nitrogens with one attached hydrogen (secondary N) is 1. The Hall–Kier alpha value is -2.61. The van der Waals surface area contributed by atoms with Crippen LogP contribution in [0.5, 0.6) is 0 Å². The van der Waals surface area contributed by atoms with Crippen molar-refractivity contribution in [2.24, 2.45) is 0 Å². The fraction of sp³-hybridized carbons (Fsp3) is 0.625. The largest absolute Gasteiger partial charge is 0.376 e. The SMILES string of the molecule is O=C(CN1C(=O)[C@@H]2CCCCN2c2ccc(C(=O)N3CCCC3)cc21)NC[C@H]1CCCO1. The van der Waals surface area contributed by atoms with Crippen LogP contribution in [0, 0.1) is 0 Å². The summed E-state index contributed by atoms with van der Waals surface area (Å²) in [6.07, 6.45) is 6.92. The number of carbonyl (C=O) groups excluding carboxylic acids is 3. The van der Waals surface area contributed by atoms with Crippen LogP contribution in [0.1, 0.15) is 55.3 Å². The van der Waals surface area contributed by atoms with E-state index in [0.29, 0.717) is 17.8 Å². The summed E-state index contributed by atoms with van der Waals surface area (Å²) in [6.45, 7) is 3.55. The van der Waals surface area contributed by atoms with Crippen molar-refractivity contribution in [3.8, 4) is 0 Å². The van der Waals surface area contributed by atoms with Crippen LogP contribution in [-0.2, 0) is 14.3 Å². The summed E-state index contributed by atoms with van der Waals surface area (Å²) in [5, 5.41) is 2.93. The maximum Gasteiger partial charge on any atom is 0.253 e. The number of benzene rings is 1. The molecule has 3 fully saturated rings. The topological polar surface area (TPSA) is 82.2 Å². The summed E-state index contributed by atoms with van der Waals surface area (Å²) in [5.41, 5.74) is 2.20. The van der Waals surface area contributed by atoms with Gasteiger partial charge in [-0.05, 0) is 63.1 Å². The van der Waals surface area contributed by atoms with Crippen LogP contribution in [0.15, 0.2) is 18.2 Å². The molecule has 172 valence electrons. The molecule has 32 heavy (non-hydrogen) atoms. The van der Waals surface area contributed by atoms with Crippen molar-refractivity contribution in [2.75, 3.05) is 49.1 Å². The molecule has 8 heteroatoms. The summed E-state index contributed by atoms with van der Waals surface area (Å²) in [7, 11) is 0. The minimum atomic E-state index is -0.234. The van der Waals surface area contributed by atoms with Crippen LogP contribution >= 0.6 is 0 Å². The molecule has 1 N–H and O–H groups in total. The van der Waals surface area contributed by atoms with E-state index >= 15 is 0 Å². The number of anilines is 2. The second-order valence-electron chi connectivity index (χ2n) is 9.27. The van der Waals surface area contributed by atoms with Crippen molar-refractivity contribution in [1.29, 1.82) is 0 Å². The molecule has 4 heterocycles. The fourth-order valence-electron chi connectivity index (χ4n) is 5.39. The Labute approximate surface area is 188 Å². The number of amides is 3. The van der Waals surface area contributed by atoms with E-state index in [0.717, 1.165) is 76.9 Å². The van der Waals surface area contributed by atoms with Gasteiger partial charge in [0.1, 0.15) is 12.6 Å². The van der Waals surface area contributed by atoms with Crippen molar-refractivity contribution in [2.45, 2.75) is 57.1 Å². The lowest BCUT2D eigenvalue weighted by Gasteiger charge is -2.45. The maximum absolute atomic E-state index is 13.4. The highest BCUT2D eigenvalue weighted by molar-refractivity contribution is 6.09. The van der Waals surface area contributed by atoms with Crippen LogP contribution in [-0.4, -0.2) is 74.1 Å². The minimum absolute atomic E-state index is 0.00120. The van der Waals surface area contributed by atoms with Crippen molar-refractivity contribution in [3.05, 3.63) is 23.8 Å². The van der Waals surface area contributed by atoms with Crippen molar-refractivity contribution < 1.29 is 19.1 Å². The number of likely N-dealkylation sites (tertiary alicyclic amines) is 1. The van der Waals surface area contributed by atoms with Crippen LogP contribution in [0.25, 0.3) is 0 Å². The van der Waals surface area contributed by atoms with Crippen LogP contribution in [0.3, 0.4) is 0 Å². The van der Waals surface area contributed by atoms with E-state index in [4.69, 9.17) is 4.74 Å². The second-order valence-corrected chi connectivity index (χ2v) is 9.27. The Kier molecular flexibility index (Phi) is 6.04. The quantitative estimate of drug-likeness (QED) is 0.757. The predicted octanol–water partition coefficient (Wildman–Crippen LogP) is 1.92. The van der Waals surface area contributed by atoms with Crippen LogP contribution in [0.4, 0.5) is 11.4 Å². The zero-order valence-corrected chi connectivity index (χ0v) is 18.6. The zero-order valence-electron chi connectivity index (χ0n) is 18.6. The van der Waals surface area contributed by atoms with E-state index in [1.54, 1.807) is 4.90 Å². The maximum atomic E-state index is 13.4. The summed E-state index contributed by atoms with van der Waals surface area (Å²) in [4.78, 5) is 44.8. The van der Waals surface area contributed by atoms with E-state index in [-0.39, 0.29) is 36.4 Å². The molecule has 0 radical (unpaired) electrons. The van der Waals surface area contributed by atoms with Gasteiger partial charge in [-0.1, -0.05) is 0 Å². The van der Waals surface area contributed by atoms with Gasteiger partial charge in [-0.25, -0.2) is 0 Å². The average Bonchev–Trinajstić information content (AvgIpc) is 3.54. The predicted molar refractivity (Wildman–Crippen MR) is 121 cm³/mol. The number of carbonyl (C=O) groups is 3. The minimum Gasteiger partial charge on any atom is -0.376 e. The number of hydrogen-bond acceptors (Lipinski definition) is 5. The van der Waals surface area contributed by atoms with E-state index < -0.39 is 0 Å². The molecule has 1 aromatic rings. The highest BCUT2D eigenvalue weighted by atomic mass is 16.5. The van der Waals surface area contributed by atoms with Gasteiger partial charge in [-0.2, -0.15) is 0 Å². The van der Waals surface area contributed by atoms with E-state index in [1.165, 1.54) is 0 Å². The molecule has 0 unspecified atom stereocenters. The highest BCUT2D eigenvalue weighted by Gasteiger charge is 2.40. The Morgan fingerprint density at radius 1 is 1.00 bits per heavy atom. The summed E-state index contributed by atoms with van der Waals surface area (Å²) < 4.78 is 5.59. The monoisotopic (exact) mass is 440 g/mol. The molecule has 4 aliphatic rings. The molecule has 8 nitrogen and oxygen atoms in total. The first-order chi connectivity index (χ1) is 15.6. The first kappa shape index (κ1) is 21.2. The van der Waals surface area contributed by atoms with Gasteiger partial charge < -0.3 is 19.9 Å². The molecule has 3 amide bonds. The highest BCUT2D eigenvalue weighted by Crippen LogP contribution is 2.40. The molecule has 1 aromatic carbocycles. The molecular weight excluding hydrogens is 408 g/mol. The number of hydrogen-bond donors (Lipinski definition) is 1. The number of rotatable bonds is 5. The zero-order chi connectivity index (χ0) is 22.1. The first-order valence-electron chi connectivity index (χ1n) is 12.0. The fourth-order valence-corrected chi connectivity index (χ4v) is 5.39. The third kappa shape index (κ3) is 4.08. The van der Waals surface area contributed by atoms with Gasteiger partial charge in [-0.15, -0.1) is 0 Å². The Balaban J connectivity index is 1.40. The van der Waals surface area contributed by atoms with Crippen molar-refractivity contribution >= 4 is 29.1 Å². The van der Waals surface area contributed by atoms with Gasteiger partial charge >= 0.3 is 0 Å². The summed E-state index contributed by atoms with van der Waals surface area (Å²) in [6, 6.07) is 5.41. The molecule has 0 spiro atoms. The van der Waals surface area contributed by atoms with E-state index in [2.05, 4.69) is 10.2 Å². The average molecular weight is 441 g/mol. The molecule has 0 saturated carbocycles. The molecule has 5 rings (SSSR count). The van der Waals surface area contributed by atoms with Gasteiger partial charge in [0.2, 0.25) is 11.8 Å². The van der Waals surface area contributed by atoms with Crippen molar-refractivity contribution in [3.63, 3.8) is 0 Å². The molecule has 3 saturated heterocycles. The van der Waals surface area contributed by atoms with Crippen LogP contribution in [0.2, 0.25) is 0 Å². The molecule has 0 bridgehead atoms. The lowest BCUT2D eigenvalue weighted by atomic mass is 9.95. The Morgan fingerprint density at radius 2 is 1.81 bits per heavy atom. The molecule has 0 aliphatic carbocycles. The smallest absolute Gasteiger partial charge is 0.253 e. The molecule has 2 atom stereocenters. The molecule has 4 aliphatic heterocycles. The van der Waals surface area contributed by atoms with Gasteiger partial charge in [0.05, 0.1) is 17.5 Å². The third-order valence-electron chi connectivity index (χ3n) is 7.12. The van der Waals surface area contributed by atoms with Crippen LogP contribution < -0.4 is 15.1 Å². The number of fused-ring (bicyclic) bond motifs is 3. The summed E-state index contributed by atoms with van der Waals surface area (Å²) in [5.74, 6) is -0.239. The molecule has 0 aromatic heterocycles. The third-order valence-corrected chi connectivity index (χ3v) is 7.12. The van der Waals surface area contributed by atoms with E-state index in [9.17, 15) is 14.4 Å². The lowest BCUT2D eigenvalue weighted by Crippen LogP contribution is -2.57. The van der Waals surface area contributed by atoms with Gasteiger partial charge in [0.25, 0.3) is 5.91 Å². The Morgan fingerprint density at radius 3 is 2.59 bits per heavy atom. The Bertz CT molecular complexity index is 892. The van der Waals surface area contributed by atoms with Gasteiger partial charge in [0, 0.05) is 38.3 Å². The number of nitrogens with zero attached hydrogens (tertiary/aromatic N) is 3.